The Hall–Kier alpha value is -1.49. The molecule has 2 heterocycles. The molecule has 0 amide bonds. The number of nitrogens with zero attached hydrogens (tertiary/aromatic N) is 1. The monoisotopic (exact) mass is 252 g/mol. The molecule has 1 aromatic rings. The summed E-state index contributed by atoms with van der Waals surface area (Å²) in [5, 5.41) is 0. The van der Waals surface area contributed by atoms with Gasteiger partial charge in [0.05, 0.1) is 25.5 Å². The summed E-state index contributed by atoms with van der Waals surface area (Å²) in [5.74, 6) is 1.48. The van der Waals surface area contributed by atoms with E-state index in [9.17, 15) is 0 Å². The zero-order chi connectivity index (χ0) is 12.8. The highest BCUT2D eigenvalue weighted by Crippen LogP contribution is 2.23. The van der Waals surface area contributed by atoms with Gasteiger partial charge in [-0.1, -0.05) is 6.92 Å². The van der Waals surface area contributed by atoms with Gasteiger partial charge in [-0.15, -0.1) is 0 Å². The van der Waals surface area contributed by atoms with Crippen molar-refractivity contribution in [3.63, 3.8) is 0 Å². The van der Waals surface area contributed by atoms with Gasteiger partial charge in [0, 0.05) is 18.6 Å². The van der Waals surface area contributed by atoms with Crippen molar-refractivity contribution in [2.45, 2.75) is 19.8 Å². The third-order valence-corrected chi connectivity index (χ3v) is 2.80. The standard InChI is InChI=1S/C13H20N2O3/c1-2-6-17-13-11(14)3-4-12(15-13)18-9-10-5-7-16-8-10/h3-4,10H,2,5-9,14H2,1H3. The number of hydrogen-bond acceptors (Lipinski definition) is 5. The maximum atomic E-state index is 5.79. The van der Waals surface area contributed by atoms with E-state index < -0.39 is 0 Å². The van der Waals surface area contributed by atoms with E-state index >= 15 is 0 Å². The Balaban J connectivity index is 1.91. The summed E-state index contributed by atoms with van der Waals surface area (Å²) in [7, 11) is 0. The summed E-state index contributed by atoms with van der Waals surface area (Å²) in [6.07, 6.45) is 1.97. The van der Waals surface area contributed by atoms with Crippen LogP contribution in [0.2, 0.25) is 0 Å². The number of ether oxygens (including phenoxy) is 3. The van der Waals surface area contributed by atoms with E-state index in [1.54, 1.807) is 12.1 Å². The van der Waals surface area contributed by atoms with Gasteiger partial charge in [0.15, 0.2) is 0 Å². The summed E-state index contributed by atoms with van der Waals surface area (Å²) >= 11 is 0. The van der Waals surface area contributed by atoms with Gasteiger partial charge in [-0.05, 0) is 18.9 Å². The highest BCUT2D eigenvalue weighted by atomic mass is 16.5. The van der Waals surface area contributed by atoms with E-state index in [2.05, 4.69) is 4.98 Å². The topological polar surface area (TPSA) is 66.6 Å². The van der Waals surface area contributed by atoms with E-state index in [1.807, 2.05) is 6.92 Å². The maximum Gasteiger partial charge on any atom is 0.240 e. The van der Waals surface area contributed by atoms with Gasteiger partial charge in [0.2, 0.25) is 11.8 Å². The van der Waals surface area contributed by atoms with Gasteiger partial charge in [-0.25, -0.2) is 0 Å². The zero-order valence-corrected chi connectivity index (χ0v) is 10.7. The van der Waals surface area contributed by atoms with Crippen molar-refractivity contribution in [2.75, 3.05) is 32.2 Å². The predicted molar refractivity (Wildman–Crippen MR) is 68.9 cm³/mol. The maximum absolute atomic E-state index is 5.79. The summed E-state index contributed by atoms with van der Waals surface area (Å²) < 4.78 is 16.4. The van der Waals surface area contributed by atoms with Gasteiger partial charge in [-0.2, -0.15) is 4.98 Å². The van der Waals surface area contributed by atoms with Crippen molar-refractivity contribution >= 4 is 5.69 Å². The zero-order valence-electron chi connectivity index (χ0n) is 10.7. The molecule has 0 saturated carbocycles. The molecule has 2 N–H and O–H groups in total. The van der Waals surface area contributed by atoms with E-state index in [1.165, 1.54) is 0 Å². The number of nitrogen functional groups attached to an aromatic ring is 1. The number of rotatable bonds is 6. The fraction of sp³-hybridized carbons (Fsp3) is 0.615. The second-order valence-electron chi connectivity index (χ2n) is 4.43. The minimum atomic E-state index is 0.456. The highest BCUT2D eigenvalue weighted by Gasteiger charge is 2.16. The number of hydrogen-bond donors (Lipinski definition) is 1. The average Bonchev–Trinajstić information content (AvgIpc) is 2.89. The van der Waals surface area contributed by atoms with Crippen molar-refractivity contribution in [2.24, 2.45) is 5.92 Å². The minimum absolute atomic E-state index is 0.456. The molecule has 2 rings (SSSR count). The molecule has 1 fully saturated rings. The molecule has 5 nitrogen and oxygen atoms in total. The fourth-order valence-corrected chi connectivity index (χ4v) is 1.75. The predicted octanol–water partition coefficient (Wildman–Crippen LogP) is 1.87. The molecular formula is C13H20N2O3. The SMILES string of the molecule is CCCOc1nc(OCC2CCOC2)ccc1N. The number of aromatic nitrogens is 1. The second-order valence-corrected chi connectivity index (χ2v) is 4.43. The van der Waals surface area contributed by atoms with Gasteiger partial charge >= 0.3 is 0 Å². The third-order valence-electron chi connectivity index (χ3n) is 2.80. The molecule has 1 aromatic heterocycles. The quantitative estimate of drug-likeness (QED) is 0.837. The van der Waals surface area contributed by atoms with E-state index in [0.29, 0.717) is 36.6 Å². The van der Waals surface area contributed by atoms with Crippen molar-refractivity contribution in [3.8, 4) is 11.8 Å². The first-order chi connectivity index (χ1) is 8.79. The molecule has 1 unspecified atom stereocenters. The first-order valence-electron chi connectivity index (χ1n) is 6.39. The Morgan fingerprint density at radius 2 is 2.33 bits per heavy atom. The van der Waals surface area contributed by atoms with Crippen molar-refractivity contribution in [1.82, 2.24) is 4.98 Å². The van der Waals surface area contributed by atoms with Crippen molar-refractivity contribution < 1.29 is 14.2 Å². The molecule has 100 valence electrons. The summed E-state index contributed by atoms with van der Waals surface area (Å²) in [6, 6.07) is 3.53. The summed E-state index contributed by atoms with van der Waals surface area (Å²) in [5.41, 5.74) is 6.33. The van der Waals surface area contributed by atoms with Crippen LogP contribution in [-0.2, 0) is 4.74 Å². The second kappa shape index (κ2) is 6.44. The van der Waals surface area contributed by atoms with E-state index in [4.69, 9.17) is 19.9 Å². The van der Waals surface area contributed by atoms with Crippen LogP contribution in [0.15, 0.2) is 12.1 Å². The average molecular weight is 252 g/mol. The minimum Gasteiger partial charge on any atom is -0.477 e. The van der Waals surface area contributed by atoms with E-state index in [0.717, 1.165) is 26.1 Å². The van der Waals surface area contributed by atoms with Crippen LogP contribution in [0.1, 0.15) is 19.8 Å². The van der Waals surface area contributed by atoms with Crippen LogP contribution in [0.3, 0.4) is 0 Å². The molecule has 1 aliphatic heterocycles. The lowest BCUT2D eigenvalue weighted by Gasteiger charge is -2.12. The number of nitrogens with two attached hydrogens (primary N) is 1. The first kappa shape index (κ1) is 13.0. The van der Waals surface area contributed by atoms with Gasteiger partial charge in [-0.3, -0.25) is 0 Å². The lowest BCUT2D eigenvalue weighted by Crippen LogP contribution is -2.12. The molecule has 0 radical (unpaired) electrons. The lowest BCUT2D eigenvalue weighted by atomic mass is 10.1. The van der Waals surface area contributed by atoms with Gasteiger partial charge in [0.1, 0.15) is 0 Å². The molecule has 0 bridgehead atoms. The third kappa shape index (κ3) is 3.50. The Labute approximate surface area is 107 Å². The largest absolute Gasteiger partial charge is 0.477 e. The first-order valence-corrected chi connectivity index (χ1v) is 6.39. The molecule has 18 heavy (non-hydrogen) atoms. The fourth-order valence-electron chi connectivity index (χ4n) is 1.75. The number of anilines is 1. The highest BCUT2D eigenvalue weighted by molar-refractivity contribution is 5.49. The molecule has 5 heteroatoms. The molecule has 1 atom stereocenters. The van der Waals surface area contributed by atoms with Gasteiger partial charge in [0.25, 0.3) is 0 Å². The molecule has 1 aliphatic rings. The normalized spacial score (nSPS) is 18.8. The van der Waals surface area contributed by atoms with Crippen LogP contribution in [0, 0.1) is 5.92 Å². The van der Waals surface area contributed by atoms with Crippen LogP contribution < -0.4 is 15.2 Å². The molecular weight excluding hydrogens is 232 g/mol. The summed E-state index contributed by atoms with van der Waals surface area (Å²) in [4.78, 5) is 4.26. The Morgan fingerprint density at radius 1 is 1.44 bits per heavy atom. The molecule has 1 saturated heterocycles. The van der Waals surface area contributed by atoms with Crippen LogP contribution >= 0.6 is 0 Å². The van der Waals surface area contributed by atoms with Crippen molar-refractivity contribution in [3.05, 3.63) is 12.1 Å². The van der Waals surface area contributed by atoms with E-state index in [-0.39, 0.29) is 0 Å². The van der Waals surface area contributed by atoms with Gasteiger partial charge < -0.3 is 19.9 Å². The number of pyridine rings is 1. The van der Waals surface area contributed by atoms with Crippen LogP contribution in [-0.4, -0.2) is 31.4 Å². The van der Waals surface area contributed by atoms with Crippen molar-refractivity contribution in [1.29, 1.82) is 0 Å². The molecule has 0 aliphatic carbocycles. The van der Waals surface area contributed by atoms with Crippen LogP contribution in [0.25, 0.3) is 0 Å². The summed E-state index contributed by atoms with van der Waals surface area (Å²) in [6.45, 7) is 4.88. The Kier molecular flexibility index (Phi) is 4.64. The molecule has 0 aromatic carbocycles. The van der Waals surface area contributed by atoms with Crippen LogP contribution in [0.4, 0.5) is 5.69 Å². The Bertz CT molecular complexity index is 378. The lowest BCUT2D eigenvalue weighted by molar-refractivity contribution is 0.165. The smallest absolute Gasteiger partial charge is 0.240 e. The Morgan fingerprint density at radius 3 is 3.06 bits per heavy atom. The molecule has 0 spiro atoms. The van der Waals surface area contributed by atoms with Crippen LogP contribution in [0.5, 0.6) is 11.8 Å².